The number of rotatable bonds is 5. The summed E-state index contributed by atoms with van der Waals surface area (Å²) >= 11 is 1.13. The van der Waals surface area contributed by atoms with Crippen LogP contribution in [0.1, 0.15) is 15.9 Å². The second-order valence-corrected chi connectivity index (χ2v) is 7.22. The molecule has 1 aliphatic rings. The Kier molecular flexibility index (Phi) is 4.96. The molecule has 3 amide bonds. The fourth-order valence-corrected chi connectivity index (χ4v) is 4.22. The number of hydrogen-bond acceptors (Lipinski definition) is 6. The summed E-state index contributed by atoms with van der Waals surface area (Å²) in [6.45, 7) is 0.272. The van der Waals surface area contributed by atoms with E-state index in [1.54, 1.807) is 6.07 Å². The third kappa shape index (κ3) is 3.67. The number of amides is 3. The van der Waals surface area contributed by atoms with Crippen LogP contribution in [0.3, 0.4) is 0 Å². The number of carbonyl (C=O) groups excluding carboxylic acids is 2. The molecule has 29 heavy (non-hydrogen) atoms. The molecule has 8 nitrogen and oxygen atoms in total. The number of benzene rings is 2. The Hall–Kier alpha value is -3.72. The first-order chi connectivity index (χ1) is 14.0. The molecule has 2 aromatic carbocycles. The van der Waals surface area contributed by atoms with E-state index in [1.165, 1.54) is 29.6 Å². The Labute approximate surface area is 169 Å². The molecule has 0 fully saturated rings. The number of urea groups is 1. The Bertz CT molecular complexity index is 1090. The molecule has 1 aliphatic heterocycles. The van der Waals surface area contributed by atoms with Crippen LogP contribution in [0.2, 0.25) is 0 Å². The Morgan fingerprint density at radius 3 is 2.55 bits per heavy atom. The molecular formula is C20H17N3O5S. The van der Waals surface area contributed by atoms with E-state index in [9.17, 15) is 14.7 Å². The van der Waals surface area contributed by atoms with Crippen molar-refractivity contribution in [3.63, 3.8) is 0 Å². The molecule has 9 heteroatoms. The lowest BCUT2D eigenvalue weighted by Crippen LogP contribution is -2.47. The summed E-state index contributed by atoms with van der Waals surface area (Å²) in [6.07, 6.45) is 1.53. The summed E-state index contributed by atoms with van der Waals surface area (Å²) < 4.78 is 11.3. The molecule has 0 saturated carbocycles. The molecule has 0 spiro atoms. The summed E-state index contributed by atoms with van der Waals surface area (Å²) in [5, 5.41) is 13.4. The molecule has 0 atom stereocenters. The summed E-state index contributed by atoms with van der Waals surface area (Å²) in [5.74, 6) is -0.666. The van der Waals surface area contributed by atoms with Crippen LogP contribution < -0.4 is 16.0 Å². The normalized spacial score (nSPS) is 13.1. The Morgan fingerprint density at radius 2 is 1.86 bits per heavy atom. The van der Waals surface area contributed by atoms with Gasteiger partial charge in [0.2, 0.25) is 0 Å². The predicted octanol–water partition coefficient (Wildman–Crippen LogP) is 3.22. The number of phenols is 1. The predicted molar refractivity (Wildman–Crippen MR) is 108 cm³/mol. The van der Waals surface area contributed by atoms with Gasteiger partial charge in [0, 0.05) is 16.6 Å². The standard InChI is InChI=1S/C20H17N3O5S/c21-17(25)16-14-7-6-13(24)10-15(14)29-18(16)23(20-27-8-9-28-20)19(26)22-11-12-4-2-1-3-5-12/h1-10,20,24H,11H2,(H2,21,25)(H,22,26). The van der Waals surface area contributed by atoms with Crippen molar-refractivity contribution in [3.8, 4) is 5.75 Å². The maximum atomic E-state index is 13.1. The highest BCUT2D eigenvalue weighted by molar-refractivity contribution is 7.23. The fraction of sp³-hybridized carbons (Fsp3) is 0.100. The second kappa shape index (κ2) is 7.72. The average molecular weight is 411 g/mol. The highest BCUT2D eigenvalue weighted by Gasteiger charge is 2.34. The van der Waals surface area contributed by atoms with Gasteiger partial charge >= 0.3 is 12.4 Å². The smallest absolute Gasteiger partial charge is 0.335 e. The van der Waals surface area contributed by atoms with Crippen LogP contribution in [0.4, 0.5) is 9.80 Å². The van der Waals surface area contributed by atoms with Gasteiger partial charge in [0.15, 0.2) is 0 Å². The van der Waals surface area contributed by atoms with Gasteiger partial charge in [-0.05, 0) is 23.8 Å². The molecule has 0 aliphatic carbocycles. The number of nitrogens with zero attached hydrogens (tertiary/aromatic N) is 1. The topological polar surface area (TPSA) is 114 Å². The van der Waals surface area contributed by atoms with Crippen LogP contribution in [0.25, 0.3) is 10.1 Å². The van der Waals surface area contributed by atoms with Gasteiger partial charge < -0.3 is 25.6 Å². The zero-order chi connectivity index (χ0) is 20.4. The van der Waals surface area contributed by atoms with Crippen molar-refractivity contribution >= 4 is 38.4 Å². The van der Waals surface area contributed by atoms with Gasteiger partial charge in [-0.3, -0.25) is 4.79 Å². The number of carbonyl (C=O) groups is 2. The quantitative estimate of drug-likeness (QED) is 0.596. The van der Waals surface area contributed by atoms with Gasteiger partial charge in [-0.25, -0.2) is 9.69 Å². The van der Waals surface area contributed by atoms with E-state index in [-0.39, 0.29) is 22.9 Å². The van der Waals surface area contributed by atoms with Crippen molar-refractivity contribution in [2.24, 2.45) is 5.73 Å². The van der Waals surface area contributed by atoms with Gasteiger partial charge in [-0.15, -0.1) is 11.3 Å². The Balaban J connectivity index is 1.72. The van der Waals surface area contributed by atoms with E-state index in [0.29, 0.717) is 10.1 Å². The molecule has 2 heterocycles. The average Bonchev–Trinajstić information content (AvgIpc) is 3.35. The third-order valence-corrected chi connectivity index (χ3v) is 5.43. The van der Waals surface area contributed by atoms with E-state index in [1.807, 2.05) is 30.3 Å². The number of hydrogen-bond donors (Lipinski definition) is 3. The largest absolute Gasteiger partial charge is 0.508 e. The Morgan fingerprint density at radius 1 is 1.14 bits per heavy atom. The maximum Gasteiger partial charge on any atom is 0.335 e. The first kappa shape index (κ1) is 18.6. The van der Waals surface area contributed by atoms with Crippen molar-refractivity contribution in [1.29, 1.82) is 0 Å². The van der Waals surface area contributed by atoms with Crippen LogP contribution in [0, 0.1) is 0 Å². The van der Waals surface area contributed by atoms with Crippen molar-refractivity contribution in [2.45, 2.75) is 13.0 Å². The summed E-state index contributed by atoms with van der Waals surface area (Å²) in [5.41, 5.74) is 6.67. The number of primary amides is 1. The van der Waals surface area contributed by atoms with E-state index in [2.05, 4.69) is 5.32 Å². The number of aromatic hydroxyl groups is 1. The van der Waals surface area contributed by atoms with Gasteiger partial charge in [-0.1, -0.05) is 30.3 Å². The number of anilines is 1. The summed E-state index contributed by atoms with van der Waals surface area (Å²) in [4.78, 5) is 26.5. The molecule has 4 N–H and O–H groups in total. The molecular weight excluding hydrogens is 394 g/mol. The van der Waals surface area contributed by atoms with E-state index in [0.717, 1.165) is 16.9 Å². The number of ether oxygens (including phenoxy) is 2. The van der Waals surface area contributed by atoms with Crippen LogP contribution in [-0.2, 0) is 16.0 Å². The molecule has 148 valence electrons. The molecule has 0 saturated heterocycles. The van der Waals surface area contributed by atoms with Crippen LogP contribution in [0.5, 0.6) is 5.75 Å². The van der Waals surface area contributed by atoms with E-state index in [4.69, 9.17) is 15.2 Å². The van der Waals surface area contributed by atoms with Gasteiger partial charge in [0.25, 0.3) is 5.91 Å². The molecule has 3 aromatic rings. The number of fused-ring (bicyclic) bond motifs is 1. The van der Waals surface area contributed by atoms with Crippen molar-refractivity contribution in [1.82, 2.24) is 5.32 Å². The maximum absolute atomic E-state index is 13.1. The summed E-state index contributed by atoms with van der Waals surface area (Å²) in [7, 11) is 0. The summed E-state index contributed by atoms with van der Waals surface area (Å²) in [6, 6.07) is 13.4. The number of thiophene rings is 1. The zero-order valence-electron chi connectivity index (χ0n) is 15.1. The fourth-order valence-electron chi connectivity index (χ4n) is 2.97. The van der Waals surface area contributed by atoms with Crippen molar-refractivity contribution in [3.05, 3.63) is 72.2 Å². The van der Waals surface area contributed by atoms with Crippen LogP contribution in [-0.4, -0.2) is 23.5 Å². The molecule has 1 aromatic heterocycles. The highest BCUT2D eigenvalue weighted by atomic mass is 32.1. The minimum Gasteiger partial charge on any atom is -0.508 e. The first-order valence-electron chi connectivity index (χ1n) is 8.67. The molecule has 0 bridgehead atoms. The molecule has 0 unspecified atom stereocenters. The van der Waals surface area contributed by atoms with Crippen molar-refractivity contribution < 1.29 is 24.2 Å². The second-order valence-electron chi connectivity index (χ2n) is 6.19. The minimum absolute atomic E-state index is 0.0384. The lowest BCUT2D eigenvalue weighted by atomic mass is 10.1. The van der Waals surface area contributed by atoms with Crippen molar-refractivity contribution in [2.75, 3.05) is 4.90 Å². The van der Waals surface area contributed by atoms with Gasteiger partial charge in [0.1, 0.15) is 23.3 Å². The third-order valence-electron chi connectivity index (χ3n) is 4.28. The lowest BCUT2D eigenvalue weighted by Gasteiger charge is -2.26. The minimum atomic E-state index is -1.09. The van der Waals surface area contributed by atoms with E-state index >= 15 is 0 Å². The van der Waals surface area contributed by atoms with E-state index < -0.39 is 18.4 Å². The number of nitrogens with one attached hydrogen (secondary N) is 1. The van der Waals surface area contributed by atoms with Crippen LogP contribution in [0.15, 0.2) is 61.1 Å². The molecule has 0 radical (unpaired) electrons. The first-order valence-corrected chi connectivity index (χ1v) is 9.48. The molecule has 4 rings (SSSR count). The number of nitrogens with two attached hydrogens (primary N) is 1. The van der Waals surface area contributed by atoms with Crippen LogP contribution >= 0.6 is 11.3 Å². The monoisotopic (exact) mass is 411 g/mol. The lowest BCUT2D eigenvalue weighted by molar-refractivity contribution is -0.0169. The van der Waals surface area contributed by atoms with Gasteiger partial charge in [-0.2, -0.15) is 0 Å². The SMILES string of the molecule is NC(=O)c1c(N(C(=O)NCc2ccccc2)C2OC=CO2)sc2cc(O)ccc12. The van der Waals surface area contributed by atoms with Gasteiger partial charge in [0.05, 0.1) is 5.56 Å². The highest BCUT2D eigenvalue weighted by Crippen LogP contribution is 2.41. The zero-order valence-corrected chi connectivity index (χ0v) is 15.9. The number of phenolic OH excluding ortho intramolecular Hbond substituents is 1.